The summed E-state index contributed by atoms with van der Waals surface area (Å²) in [5.41, 5.74) is 6.60. The number of rotatable bonds is 8. The summed E-state index contributed by atoms with van der Waals surface area (Å²) in [6.07, 6.45) is 5.78. The number of carbonyl (C=O) groups is 1. The number of nitrogens with two attached hydrogens (primary N) is 1. The summed E-state index contributed by atoms with van der Waals surface area (Å²) in [5, 5.41) is 3.85. The lowest BCUT2D eigenvalue weighted by molar-refractivity contribution is 0.107. The first kappa shape index (κ1) is 35.2. The van der Waals surface area contributed by atoms with Crippen molar-refractivity contribution >= 4 is 41.6 Å². The standard InChI is InChI=1S/C22H20F2N4O.C12H23N3.CH5N/c1-13(2)28-14(3)7-17-18(23)8-16(9-20(17)28)22(25-4)19(24)11-27-21-6-5-15(12-29)10-26-21;1-14-4-3-12-11(9-14)2-5-15(12)8-10-6-13-7-10;1-2/h5-13H,4H2,1-3H3;10-13H,2-9H2,1H3;2H2,1H3/b22-19+,27-11?;;. The van der Waals surface area contributed by atoms with Crippen molar-refractivity contribution in [1.82, 2.24) is 24.7 Å². The lowest BCUT2D eigenvalue weighted by atomic mass is 9.92. The molecule has 2 unspecified atom stereocenters. The Balaban J connectivity index is 0.000000235. The molecule has 46 heavy (non-hydrogen) atoms. The number of aliphatic imine (C=N–C) groups is 2. The maximum absolute atomic E-state index is 14.8. The van der Waals surface area contributed by atoms with Crippen LogP contribution in [-0.4, -0.2) is 98.0 Å². The molecule has 3 aliphatic rings. The number of allylic oxidation sites excluding steroid dienone is 1. The van der Waals surface area contributed by atoms with Crippen molar-refractivity contribution in [2.45, 2.75) is 45.7 Å². The molecule has 0 bridgehead atoms. The van der Waals surface area contributed by atoms with E-state index >= 15 is 0 Å². The summed E-state index contributed by atoms with van der Waals surface area (Å²) >= 11 is 0. The van der Waals surface area contributed by atoms with Gasteiger partial charge in [0.25, 0.3) is 0 Å². The highest BCUT2D eigenvalue weighted by molar-refractivity contribution is 5.93. The molecule has 5 heterocycles. The van der Waals surface area contributed by atoms with Crippen LogP contribution in [0, 0.1) is 24.6 Å². The number of pyridine rings is 1. The Morgan fingerprint density at radius 2 is 1.96 bits per heavy atom. The third-order valence-electron chi connectivity index (χ3n) is 9.00. The van der Waals surface area contributed by atoms with E-state index in [9.17, 15) is 13.6 Å². The molecule has 3 fully saturated rings. The van der Waals surface area contributed by atoms with Crippen molar-refractivity contribution in [3.8, 4) is 0 Å². The monoisotopic (exact) mass is 634 g/mol. The predicted octanol–water partition coefficient (Wildman–Crippen LogP) is 5.43. The van der Waals surface area contributed by atoms with Gasteiger partial charge in [0.2, 0.25) is 0 Å². The van der Waals surface area contributed by atoms with E-state index in [4.69, 9.17) is 0 Å². The molecule has 0 aliphatic carbocycles. The highest BCUT2D eigenvalue weighted by Gasteiger charge is 2.38. The van der Waals surface area contributed by atoms with Gasteiger partial charge in [0.15, 0.2) is 17.9 Å². The molecule has 11 heteroatoms. The van der Waals surface area contributed by atoms with E-state index in [0.29, 0.717) is 22.8 Å². The van der Waals surface area contributed by atoms with Crippen LogP contribution in [0.1, 0.15) is 54.3 Å². The van der Waals surface area contributed by atoms with Crippen molar-refractivity contribution in [2.75, 3.05) is 53.4 Å². The van der Waals surface area contributed by atoms with Gasteiger partial charge in [-0.2, -0.15) is 0 Å². The zero-order valence-corrected chi connectivity index (χ0v) is 27.7. The number of nitrogens with one attached hydrogen (secondary N) is 1. The maximum atomic E-state index is 14.8. The Kier molecular flexibility index (Phi) is 12.5. The number of halogens is 2. The highest BCUT2D eigenvalue weighted by Crippen LogP contribution is 2.32. The maximum Gasteiger partial charge on any atom is 0.167 e. The van der Waals surface area contributed by atoms with Gasteiger partial charge in [-0.1, -0.05) is 0 Å². The molecule has 2 aromatic heterocycles. The molecule has 248 valence electrons. The fourth-order valence-electron chi connectivity index (χ4n) is 6.77. The van der Waals surface area contributed by atoms with E-state index in [0.717, 1.165) is 29.8 Å². The lowest BCUT2D eigenvalue weighted by Crippen LogP contribution is -2.51. The molecule has 0 saturated carbocycles. The van der Waals surface area contributed by atoms with Crippen LogP contribution in [0.4, 0.5) is 14.6 Å². The number of hydrogen-bond donors (Lipinski definition) is 2. The normalized spacial score (nSPS) is 20.8. The second kappa shape index (κ2) is 16.3. The molecular weight excluding hydrogens is 586 g/mol. The summed E-state index contributed by atoms with van der Waals surface area (Å²) in [4.78, 5) is 27.6. The summed E-state index contributed by atoms with van der Waals surface area (Å²) in [6, 6.07) is 8.73. The summed E-state index contributed by atoms with van der Waals surface area (Å²) in [6.45, 7) is 17.2. The number of aldehydes is 1. The molecule has 3 saturated heterocycles. The van der Waals surface area contributed by atoms with E-state index in [1.54, 1.807) is 12.1 Å². The van der Waals surface area contributed by atoms with Crippen LogP contribution in [0.15, 0.2) is 52.3 Å². The topological polar surface area (TPSA) is 104 Å². The second-order valence-electron chi connectivity index (χ2n) is 12.5. The first-order valence-corrected chi connectivity index (χ1v) is 16.0. The van der Waals surface area contributed by atoms with E-state index in [-0.39, 0.29) is 23.1 Å². The molecular formula is C35H48F2N8O. The summed E-state index contributed by atoms with van der Waals surface area (Å²) in [5.74, 6) is 0.900. The van der Waals surface area contributed by atoms with Gasteiger partial charge >= 0.3 is 0 Å². The number of likely N-dealkylation sites (tertiary alicyclic amines) is 2. The largest absolute Gasteiger partial charge is 0.342 e. The Morgan fingerprint density at radius 3 is 2.57 bits per heavy atom. The molecule has 0 spiro atoms. The van der Waals surface area contributed by atoms with Crippen LogP contribution in [0.25, 0.3) is 16.6 Å². The lowest BCUT2D eigenvalue weighted by Gasteiger charge is -2.39. The fraction of sp³-hybridized carbons (Fsp3) is 0.486. The minimum atomic E-state index is -0.778. The first-order chi connectivity index (χ1) is 22.2. The highest BCUT2D eigenvalue weighted by atomic mass is 19.1. The quantitative estimate of drug-likeness (QED) is 0.253. The smallest absolute Gasteiger partial charge is 0.167 e. The third-order valence-corrected chi connectivity index (χ3v) is 9.00. The summed E-state index contributed by atoms with van der Waals surface area (Å²) < 4.78 is 31.4. The average molecular weight is 635 g/mol. The molecule has 3 N–H and O–H groups in total. The van der Waals surface area contributed by atoms with Gasteiger partial charge in [-0.3, -0.25) is 14.7 Å². The van der Waals surface area contributed by atoms with Crippen molar-refractivity contribution in [3.63, 3.8) is 0 Å². The van der Waals surface area contributed by atoms with E-state index < -0.39 is 11.6 Å². The summed E-state index contributed by atoms with van der Waals surface area (Å²) in [7, 11) is 3.77. The van der Waals surface area contributed by atoms with Gasteiger partial charge in [-0.15, -0.1) is 0 Å². The molecule has 9 nitrogen and oxygen atoms in total. The van der Waals surface area contributed by atoms with Crippen LogP contribution in [-0.2, 0) is 0 Å². The number of piperidine rings is 1. The van der Waals surface area contributed by atoms with Gasteiger partial charge in [0.1, 0.15) is 11.5 Å². The Bertz CT molecular complexity index is 1540. The average Bonchev–Trinajstić information content (AvgIpc) is 3.59. The van der Waals surface area contributed by atoms with Gasteiger partial charge in [0.05, 0.1) is 11.7 Å². The Hall–Kier alpha value is -3.64. The molecule has 1 aromatic carbocycles. The first-order valence-electron chi connectivity index (χ1n) is 16.0. The van der Waals surface area contributed by atoms with Crippen molar-refractivity contribution in [2.24, 2.45) is 27.6 Å². The van der Waals surface area contributed by atoms with E-state index in [1.807, 2.05) is 25.3 Å². The zero-order chi connectivity index (χ0) is 33.4. The van der Waals surface area contributed by atoms with Crippen LogP contribution < -0.4 is 11.1 Å². The Morgan fingerprint density at radius 1 is 1.20 bits per heavy atom. The van der Waals surface area contributed by atoms with Gasteiger partial charge in [0, 0.05) is 66.7 Å². The molecule has 0 amide bonds. The minimum absolute atomic E-state index is 0.109. The molecule has 2 atom stereocenters. The molecule has 0 radical (unpaired) electrons. The van der Waals surface area contributed by atoms with Crippen LogP contribution in [0.5, 0.6) is 0 Å². The fourth-order valence-corrected chi connectivity index (χ4v) is 6.77. The van der Waals surface area contributed by atoms with Gasteiger partial charge < -0.3 is 20.5 Å². The van der Waals surface area contributed by atoms with E-state index in [2.05, 4.69) is 49.6 Å². The van der Waals surface area contributed by atoms with E-state index in [1.165, 1.54) is 83.6 Å². The van der Waals surface area contributed by atoms with Crippen molar-refractivity contribution < 1.29 is 13.6 Å². The number of aromatic nitrogens is 2. The predicted molar refractivity (Wildman–Crippen MR) is 184 cm³/mol. The van der Waals surface area contributed by atoms with Crippen LogP contribution >= 0.6 is 0 Å². The number of aryl methyl sites for hydroxylation is 1. The zero-order valence-electron chi connectivity index (χ0n) is 27.7. The number of benzene rings is 1. The minimum Gasteiger partial charge on any atom is -0.342 e. The second-order valence-corrected chi connectivity index (χ2v) is 12.5. The van der Waals surface area contributed by atoms with Crippen LogP contribution in [0.2, 0.25) is 0 Å². The SMILES string of the molecule is C=N/C(=C(/F)C=Nc1ccc(C=O)cn1)c1cc(F)c2cc(C)n(C(C)C)c2c1.CN.CN1CCC2C(CCN2CC2CNC2)C1. The number of carbonyl (C=O) groups excluding carboxylic acids is 1. The van der Waals surface area contributed by atoms with Crippen LogP contribution in [0.3, 0.4) is 0 Å². The third kappa shape index (κ3) is 8.19. The van der Waals surface area contributed by atoms with Gasteiger partial charge in [-0.25, -0.2) is 18.8 Å². The van der Waals surface area contributed by atoms with Crippen molar-refractivity contribution in [3.05, 3.63) is 65.0 Å². The molecule has 3 aromatic rings. The number of nitrogens with zero attached hydrogens (tertiary/aromatic N) is 6. The van der Waals surface area contributed by atoms with Gasteiger partial charge in [-0.05, 0) is 110 Å². The molecule has 6 rings (SSSR count). The molecule has 3 aliphatic heterocycles. The number of hydrogen-bond acceptors (Lipinski definition) is 8. The Labute approximate surface area is 271 Å². The van der Waals surface area contributed by atoms with Crippen molar-refractivity contribution in [1.29, 1.82) is 0 Å². The number of fused-ring (bicyclic) bond motifs is 2.